The first-order chi connectivity index (χ1) is 16.2. The molecule has 0 amide bonds. The number of phenols is 2. The summed E-state index contributed by atoms with van der Waals surface area (Å²) in [6, 6.07) is 9.77. The van der Waals surface area contributed by atoms with Crippen LogP contribution in [0.1, 0.15) is 12.8 Å². The van der Waals surface area contributed by atoms with Crippen LogP contribution in [0.5, 0.6) is 23.0 Å². The smallest absolute Gasteiger partial charge is 0.311 e. The molecule has 0 spiro atoms. The molecule has 0 aliphatic rings. The highest BCUT2D eigenvalue weighted by atomic mass is 28.5. The fourth-order valence-corrected chi connectivity index (χ4v) is 18.0. The molecule has 2 N–H and O–H groups in total. The molecule has 2 aromatic rings. The van der Waals surface area contributed by atoms with E-state index in [-0.39, 0.29) is 0 Å². The number of hydrogen-bond donors (Lipinski definition) is 2. The van der Waals surface area contributed by atoms with Crippen LogP contribution in [-0.4, -0.2) is 48.6 Å². The third-order valence-corrected chi connectivity index (χ3v) is 16.7. The number of aromatic hydroxyl groups is 2. The van der Waals surface area contributed by atoms with E-state index in [9.17, 15) is 19.0 Å². The van der Waals surface area contributed by atoms with Crippen molar-refractivity contribution in [1.82, 2.24) is 0 Å². The lowest BCUT2D eigenvalue weighted by molar-refractivity contribution is 0.307. The standard InChI is InChI=1S/C24H38F2O6Si3/c1-33(2,15-7-13-29-19-9-11-23(27)21(25)17-19)31-35(5,6)32-34(3,4)16-8-14-30-20-10-12-24(28)22(26)18-20/h9-12,17-18,27-28H,7-8,13-16H2,1-6H3. The summed E-state index contributed by atoms with van der Waals surface area (Å²) in [5, 5.41) is 18.5. The van der Waals surface area contributed by atoms with Gasteiger partial charge >= 0.3 is 8.56 Å². The fraction of sp³-hybridized carbons (Fsp3) is 0.500. The molecule has 0 saturated carbocycles. The van der Waals surface area contributed by atoms with Crippen LogP contribution >= 0.6 is 0 Å². The maximum absolute atomic E-state index is 13.4. The summed E-state index contributed by atoms with van der Waals surface area (Å²) in [5.74, 6) is -1.38. The largest absolute Gasteiger partial charge is 0.505 e. The number of halogens is 2. The SMILES string of the molecule is C[Si](C)(CCCOc1ccc(O)c(F)c1)O[Si](C)(C)O[Si](C)(C)CCCOc1ccc(O)c(F)c1. The van der Waals surface area contributed by atoms with Gasteiger partial charge in [0.1, 0.15) is 11.5 Å². The zero-order valence-electron chi connectivity index (χ0n) is 21.5. The van der Waals surface area contributed by atoms with E-state index in [1.165, 1.54) is 24.3 Å². The number of hydrogen-bond acceptors (Lipinski definition) is 6. The molecule has 0 saturated heterocycles. The van der Waals surface area contributed by atoms with Gasteiger partial charge in [-0.1, -0.05) is 0 Å². The number of phenolic OH excluding ortho intramolecular Hbond substituents is 2. The minimum absolute atomic E-state index is 0.391. The number of benzene rings is 2. The Labute approximate surface area is 210 Å². The first-order valence-corrected chi connectivity index (χ1v) is 20.9. The van der Waals surface area contributed by atoms with Gasteiger partial charge in [0.05, 0.1) is 13.2 Å². The van der Waals surface area contributed by atoms with Crippen LogP contribution in [0, 0.1) is 11.6 Å². The van der Waals surface area contributed by atoms with Gasteiger partial charge in [-0.3, -0.25) is 0 Å². The molecular formula is C24H38F2O6Si3. The number of ether oxygens (including phenoxy) is 2. The van der Waals surface area contributed by atoms with Gasteiger partial charge < -0.3 is 27.9 Å². The normalized spacial score (nSPS) is 12.6. The molecule has 2 aromatic carbocycles. The summed E-state index contributed by atoms with van der Waals surface area (Å²) in [7, 11) is -6.37. The number of rotatable bonds is 14. The second-order valence-electron chi connectivity index (χ2n) is 10.3. The molecule has 35 heavy (non-hydrogen) atoms. The summed E-state index contributed by atoms with van der Waals surface area (Å²) in [6.07, 6.45) is 1.56. The highest BCUT2D eigenvalue weighted by Gasteiger charge is 2.39. The molecule has 0 radical (unpaired) electrons. The maximum Gasteiger partial charge on any atom is 0.311 e. The van der Waals surface area contributed by atoms with Crippen LogP contribution in [0.2, 0.25) is 51.4 Å². The molecule has 0 aliphatic carbocycles. The van der Waals surface area contributed by atoms with Crippen molar-refractivity contribution in [1.29, 1.82) is 0 Å². The van der Waals surface area contributed by atoms with Crippen LogP contribution in [0.25, 0.3) is 0 Å². The van der Waals surface area contributed by atoms with E-state index in [0.29, 0.717) is 24.7 Å². The van der Waals surface area contributed by atoms with E-state index in [0.717, 1.165) is 24.9 Å². The van der Waals surface area contributed by atoms with Crippen molar-refractivity contribution in [2.45, 2.75) is 64.2 Å². The zero-order chi connectivity index (χ0) is 26.3. The minimum Gasteiger partial charge on any atom is -0.505 e. The Bertz CT molecular complexity index is 897. The van der Waals surface area contributed by atoms with Gasteiger partial charge in [0, 0.05) is 12.1 Å². The van der Waals surface area contributed by atoms with Gasteiger partial charge in [0.15, 0.2) is 39.8 Å². The van der Waals surface area contributed by atoms with Gasteiger partial charge in [0.2, 0.25) is 0 Å². The topological polar surface area (TPSA) is 77.4 Å². The fourth-order valence-electron chi connectivity index (χ4n) is 3.98. The van der Waals surface area contributed by atoms with E-state index >= 15 is 0 Å². The van der Waals surface area contributed by atoms with E-state index < -0.39 is 48.3 Å². The average molecular weight is 545 g/mol. The highest BCUT2D eigenvalue weighted by molar-refractivity contribution is 6.87. The second kappa shape index (κ2) is 12.3. The molecule has 0 heterocycles. The monoisotopic (exact) mass is 544 g/mol. The van der Waals surface area contributed by atoms with Crippen LogP contribution < -0.4 is 9.47 Å². The van der Waals surface area contributed by atoms with Gasteiger partial charge in [-0.2, -0.15) is 0 Å². The van der Waals surface area contributed by atoms with Crippen molar-refractivity contribution in [3.05, 3.63) is 48.0 Å². The van der Waals surface area contributed by atoms with Crippen LogP contribution in [-0.2, 0) is 8.23 Å². The molecule has 0 atom stereocenters. The van der Waals surface area contributed by atoms with E-state index in [1.807, 2.05) is 0 Å². The summed E-state index contributed by atoms with van der Waals surface area (Å²) >= 11 is 0. The van der Waals surface area contributed by atoms with Crippen molar-refractivity contribution in [2.75, 3.05) is 13.2 Å². The van der Waals surface area contributed by atoms with Crippen molar-refractivity contribution in [2.24, 2.45) is 0 Å². The van der Waals surface area contributed by atoms with E-state index in [2.05, 4.69) is 39.3 Å². The summed E-state index contributed by atoms with van der Waals surface area (Å²) in [6.45, 7) is 13.7. The predicted octanol–water partition coefficient (Wildman–Crippen LogP) is 6.76. The van der Waals surface area contributed by atoms with Crippen LogP contribution in [0.3, 0.4) is 0 Å². The Morgan fingerprint density at radius 3 is 1.37 bits per heavy atom. The van der Waals surface area contributed by atoms with E-state index in [4.69, 9.17) is 17.7 Å². The molecule has 11 heteroatoms. The molecule has 0 aromatic heterocycles. The molecular weight excluding hydrogens is 507 g/mol. The average Bonchev–Trinajstić information content (AvgIpc) is 2.72. The molecule has 0 unspecified atom stereocenters. The van der Waals surface area contributed by atoms with Crippen molar-refractivity contribution >= 4 is 25.2 Å². The molecule has 0 fully saturated rings. The quantitative estimate of drug-likeness (QED) is 0.202. The van der Waals surface area contributed by atoms with Crippen LogP contribution in [0.15, 0.2) is 36.4 Å². The maximum atomic E-state index is 13.4. The molecule has 2 rings (SSSR count). The predicted molar refractivity (Wildman–Crippen MR) is 141 cm³/mol. The molecule has 6 nitrogen and oxygen atoms in total. The Morgan fingerprint density at radius 2 is 1.03 bits per heavy atom. The molecule has 0 aliphatic heterocycles. The second-order valence-corrected chi connectivity index (χ2v) is 22.7. The third kappa shape index (κ3) is 10.7. The lowest BCUT2D eigenvalue weighted by Gasteiger charge is -2.38. The first-order valence-electron chi connectivity index (χ1n) is 11.8. The Morgan fingerprint density at radius 1 is 0.657 bits per heavy atom. The Kier molecular flexibility index (Phi) is 10.3. The van der Waals surface area contributed by atoms with Gasteiger partial charge in [-0.15, -0.1) is 0 Å². The molecule has 0 bridgehead atoms. The zero-order valence-corrected chi connectivity index (χ0v) is 24.5. The first kappa shape index (κ1) is 29.3. The summed E-state index contributed by atoms with van der Waals surface area (Å²) in [4.78, 5) is 0. The third-order valence-electron chi connectivity index (χ3n) is 5.27. The van der Waals surface area contributed by atoms with E-state index in [1.54, 1.807) is 12.1 Å². The van der Waals surface area contributed by atoms with Crippen molar-refractivity contribution in [3.63, 3.8) is 0 Å². The highest BCUT2D eigenvalue weighted by Crippen LogP contribution is 2.27. The van der Waals surface area contributed by atoms with Gasteiger partial charge in [-0.25, -0.2) is 8.78 Å². The van der Waals surface area contributed by atoms with Gasteiger partial charge in [0.25, 0.3) is 0 Å². The van der Waals surface area contributed by atoms with Gasteiger partial charge in [-0.05, 0) is 88.5 Å². The lowest BCUT2D eigenvalue weighted by Crippen LogP contribution is -2.52. The summed E-state index contributed by atoms with van der Waals surface area (Å²) < 4.78 is 51.2. The lowest BCUT2D eigenvalue weighted by atomic mass is 10.3. The van der Waals surface area contributed by atoms with Crippen molar-refractivity contribution in [3.8, 4) is 23.0 Å². The minimum atomic E-state index is -2.36. The summed E-state index contributed by atoms with van der Waals surface area (Å²) in [5.41, 5.74) is 0. The van der Waals surface area contributed by atoms with Crippen molar-refractivity contribution < 1.29 is 36.7 Å². The Balaban J connectivity index is 1.74. The molecule has 196 valence electrons. The van der Waals surface area contributed by atoms with Crippen LogP contribution in [0.4, 0.5) is 8.78 Å². The Hall–Kier alpha value is -1.93.